The van der Waals surface area contributed by atoms with Crippen LogP contribution in [0.25, 0.3) is 0 Å². The Bertz CT molecular complexity index is 370. The Kier molecular flexibility index (Phi) is 2.44. The number of aryl methyl sites for hydroxylation is 1. The Morgan fingerprint density at radius 2 is 2.40 bits per heavy atom. The van der Waals surface area contributed by atoms with Crippen molar-refractivity contribution < 1.29 is 9.90 Å². The molecule has 0 spiro atoms. The highest BCUT2D eigenvalue weighted by Gasteiger charge is 2.44. The minimum absolute atomic E-state index is 0.0240. The van der Waals surface area contributed by atoms with Crippen LogP contribution in [0.2, 0.25) is 0 Å². The van der Waals surface area contributed by atoms with Crippen LogP contribution in [0.3, 0.4) is 0 Å². The minimum atomic E-state index is -0.413. The van der Waals surface area contributed by atoms with E-state index >= 15 is 0 Å². The first-order valence-corrected chi connectivity index (χ1v) is 5.04. The molecule has 0 bridgehead atoms. The Hall–Kier alpha value is -1.43. The van der Waals surface area contributed by atoms with E-state index in [1.54, 1.807) is 0 Å². The smallest absolute Gasteiger partial charge is 0.291 e. The van der Waals surface area contributed by atoms with E-state index in [2.05, 4.69) is 20.5 Å². The molecule has 0 aromatic carbocycles. The molecule has 3 N–H and O–H groups in total. The zero-order valence-corrected chi connectivity index (χ0v) is 8.58. The number of nitrogens with zero attached hydrogens (tertiary/aromatic N) is 2. The molecule has 0 radical (unpaired) electrons. The summed E-state index contributed by atoms with van der Waals surface area (Å²) in [7, 11) is 0. The summed E-state index contributed by atoms with van der Waals surface area (Å²) in [6, 6.07) is 0. The van der Waals surface area contributed by atoms with Gasteiger partial charge in [-0.2, -0.15) is 0 Å². The van der Waals surface area contributed by atoms with Gasteiger partial charge >= 0.3 is 0 Å². The molecule has 1 aliphatic carbocycles. The molecule has 0 unspecified atom stereocenters. The van der Waals surface area contributed by atoms with E-state index < -0.39 is 5.54 Å². The standard InChI is InChI=1S/C9H14N4O2/c1-2-6-10-7(13-12-6)8(15)11-9(5-14)3-4-9/h14H,2-5H2,1H3,(H,11,15)(H,10,12,13). The van der Waals surface area contributed by atoms with Gasteiger partial charge in [-0.25, -0.2) is 4.98 Å². The van der Waals surface area contributed by atoms with E-state index in [9.17, 15) is 4.79 Å². The van der Waals surface area contributed by atoms with Crippen LogP contribution in [-0.2, 0) is 6.42 Å². The largest absolute Gasteiger partial charge is 0.394 e. The highest BCUT2D eigenvalue weighted by molar-refractivity contribution is 5.91. The number of nitrogens with one attached hydrogen (secondary N) is 2. The van der Waals surface area contributed by atoms with Crippen molar-refractivity contribution in [3.8, 4) is 0 Å². The van der Waals surface area contributed by atoms with Crippen LogP contribution in [0.1, 0.15) is 36.2 Å². The van der Waals surface area contributed by atoms with Crippen LogP contribution in [0.5, 0.6) is 0 Å². The third-order valence-corrected chi connectivity index (χ3v) is 2.60. The maximum Gasteiger partial charge on any atom is 0.291 e. The molecule has 2 rings (SSSR count). The Morgan fingerprint density at radius 1 is 1.67 bits per heavy atom. The molecule has 15 heavy (non-hydrogen) atoms. The number of aromatic nitrogens is 3. The molecule has 0 aliphatic heterocycles. The second-order valence-electron chi connectivity index (χ2n) is 3.85. The fraction of sp³-hybridized carbons (Fsp3) is 0.667. The molecule has 0 saturated heterocycles. The molecule has 1 aromatic heterocycles. The summed E-state index contributed by atoms with van der Waals surface area (Å²) in [5, 5.41) is 18.3. The van der Waals surface area contributed by atoms with Gasteiger partial charge in [0, 0.05) is 6.42 Å². The number of carbonyl (C=O) groups is 1. The second kappa shape index (κ2) is 3.62. The summed E-state index contributed by atoms with van der Waals surface area (Å²) in [5.41, 5.74) is -0.413. The van der Waals surface area contributed by atoms with Crippen molar-refractivity contribution >= 4 is 5.91 Å². The van der Waals surface area contributed by atoms with Gasteiger partial charge in [0.05, 0.1) is 12.1 Å². The number of H-pyrrole nitrogens is 1. The van der Waals surface area contributed by atoms with Crippen molar-refractivity contribution in [3.05, 3.63) is 11.6 Å². The van der Waals surface area contributed by atoms with Crippen LogP contribution in [0.4, 0.5) is 0 Å². The molecule has 1 saturated carbocycles. The normalized spacial score (nSPS) is 17.5. The van der Waals surface area contributed by atoms with Gasteiger partial charge < -0.3 is 10.4 Å². The van der Waals surface area contributed by atoms with Gasteiger partial charge in [-0.1, -0.05) is 6.92 Å². The Labute approximate surface area is 87.1 Å². The average molecular weight is 210 g/mol. The molecule has 1 aliphatic rings. The second-order valence-corrected chi connectivity index (χ2v) is 3.85. The molecule has 1 fully saturated rings. The van der Waals surface area contributed by atoms with Crippen molar-refractivity contribution in [1.82, 2.24) is 20.5 Å². The van der Waals surface area contributed by atoms with Gasteiger partial charge in [-0.3, -0.25) is 9.89 Å². The number of aliphatic hydroxyl groups is 1. The van der Waals surface area contributed by atoms with Crippen molar-refractivity contribution in [2.24, 2.45) is 0 Å². The first kappa shape index (κ1) is 10.1. The quantitative estimate of drug-likeness (QED) is 0.632. The highest BCUT2D eigenvalue weighted by Crippen LogP contribution is 2.34. The van der Waals surface area contributed by atoms with E-state index in [4.69, 9.17) is 5.11 Å². The van der Waals surface area contributed by atoms with Gasteiger partial charge in [0.25, 0.3) is 5.91 Å². The Morgan fingerprint density at radius 3 is 2.87 bits per heavy atom. The number of amides is 1. The zero-order chi connectivity index (χ0) is 10.9. The van der Waals surface area contributed by atoms with Crippen molar-refractivity contribution in [1.29, 1.82) is 0 Å². The van der Waals surface area contributed by atoms with E-state index in [1.807, 2.05) is 6.92 Å². The summed E-state index contributed by atoms with van der Waals surface area (Å²) in [5.74, 6) is 0.512. The topological polar surface area (TPSA) is 90.9 Å². The van der Waals surface area contributed by atoms with Crippen molar-refractivity contribution in [3.63, 3.8) is 0 Å². The van der Waals surface area contributed by atoms with Crippen molar-refractivity contribution in [2.45, 2.75) is 31.7 Å². The lowest BCUT2D eigenvalue weighted by molar-refractivity contribution is 0.0896. The third kappa shape index (κ3) is 1.99. The predicted octanol–water partition coefficient (Wildman–Crippen LogP) is -0.378. The number of rotatable bonds is 4. The summed E-state index contributed by atoms with van der Waals surface area (Å²) in [4.78, 5) is 15.6. The molecule has 82 valence electrons. The number of aromatic amines is 1. The van der Waals surface area contributed by atoms with E-state index in [1.165, 1.54) is 0 Å². The molecular formula is C9H14N4O2. The van der Waals surface area contributed by atoms with Crippen LogP contribution >= 0.6 is 0 Å². The first-order valence-electron chi connectivity index (χ1n) is 5.04. The number of hydrogen-bond donors (Lipinski definition) is 3. The molecule has 0 atom stereocenters. The summed E-state index contributed by atoms with van der Waals surface area (Å²) < 4.78 is 0. The SMILES string of the molecule is CCc1nc(C(=O)NC2(CO)CC2)n[nH]1. The van der Waals surface area contributed by atoms with Crippen LogP contribution in [0.15, 0.2) is 0 Å². The molecule has 1 aromatic rings. The molecular weight excluding hydrogens is 196 g/mol. The Balaban J connectivity index is 2.01. The molecule has 1 heterocycles. The lowest BCUT2D eigenvalue weighted by atomic mass is 10.3. The molecule has 1 amide bonds. The number of aliphatic hydroxyl groups excluding tert-OH is 1. The summed E-state index contributed by atoms with van der Waals surface area (Å²) in [6.45, 7) is 1.90. The van der Waals surface area contributed by atoms with Gasteiger partial charge in [-0.05, 0) is 12.8 Å². The van der Waals surface area contributed by atoms with Crippen molar-refractivity contribution in [2.75, 3.05) is 6.61 Å². The fourth-order valence-electron chi connectivity index (χ4n) is 1.33. The minimum Gasteiger partial charge on any atom is -0.394 e. The summed E-state index contributed by atoms with van der Waals surface area (Å²) in [6.07, 6.45) is 2.35. The van der Waals surface area contributed by atoms with E-state index in [0.717, 1.165) is 12.8 Å². The zero-order valence-electron chi connectivity index (χ0n) is 8.58. The van der Waals surface area contributed by atoms with Crippen LogP contribution < -0.4 is 5.32 Å². The number of carbonyl (C=O) groups excluding carboxylic acids is 1. The van der Waals surface area contributed by atoms with E-state index in [-0.39, 0.29) is 18.3 Å². The fourth-order valence-corrected chi connectivity index (χ4v) is 1.33. The predicted molar refractivity (Wildman–Crippen MR) is 52.3 cm³/mol. The van der Waals surface area contributed by atoms with E-state index in [0.29, 0.717) is 12.2 Å². The van der Waals surface area contributed by atoms with Gasteiger partial charge in [0.1, 0.15) is 5.82 Å². The average Bonchev–Trinajstić information content (AvgIpc) is 2.85. The van der Waals surface area contributed by atoms with Crippen LogP contribution in [-0.4, -0.2) is 38.3 Å². The van der Waals surface area contributed by atoms with Crippen LogP contribution in [0, 0.1) is 0 Å². The third-order valence-electron chi connectivity index (χ3n) is 2.60. The lowest BCUT2D eigenvalue weighted by Gasteiger charge is -2.11. The lowest BCUT2D eigenvalue weighted by Crippen LogP contribution is -2.40. The molecule has 6 heteroatoms. The van der Waals surface area contributed by atoms with Gasteiger partial charge in [-0.15, -0.1) is 5.10 Å². The highest BCUT2D eigenvalue weighted by atomic mass is 16.3. The van der Waals surface area contributed by atoms with Gasteiger partial charge in [0.2, 0.25) is 5.82 Å². The summed E-state index contributed by atoms with van der Waals surface area (Å²) >= 11 is 0. The first-order chi connectivity index (χ1) is 7.19. The number of hydrogen-bond acceptors (Lipinski definition) is 4. The maximum absolute atomic E-state index is 11.6. The van der Waals surface area contributed by atoms with Gasteiger partial charge in [0.15, 0.2) is 0 Å². The molecule has 6 nitrogen and oxygen atoms in total. The monoisotopic (exact) mass is 210 g/mol. The maximum atomic E-state index is 11.6.